The number of halogens is 2. The molecule has 144 valence electrons. The highest BCUT2D eigenvalue weighted by Crippen LogP contribution is 2.26. The van der Waals surface area contributed by atoms with Gasteiger partial charge in [0.2, 0.25) is 0 Å². The van der Waals surface area contributed by atoms with Crippen LogP contribution >= 0.6 is 11.6 Å². The highest BCUT2D eigenvalue weighted by molar-refractivity contribution is 6.32. The molecule has 3 nitrogen and oxygen atoms in total. The molecule has 3 aromatic rings. The molecule has 0 saturated carbocycles. The molecule has 0 atom stereocenters. The first-order valence-corrected chi connectivity index (χ1v) is 9.36. The van der Waals surface area contributed by atoms with Crippen molar-refractivity contribution in [3.63, 3.8) is 0 Å². The zero-order chi connectivity index (χ0) is 20.8. The molecule has 0 bridgehead atoms. The largest absolute Gasteiger partial charge is 0.340 e. The predicted octanol–water partition coefficient (Wildman–Crippen LogP) is 5.60. The summed E-state index contributed by atoms with van der Waals surface area (Å²) in [4.78, 5) is 12.9. The monoisotopic (exact) mass is 404 g/mol. The lowest BCUT2D eigenvalue weighted by atomic mass is 9.98. The summed E-state index contributed by atoms with van der Waals surface area (Å²) in [6.45, 7) is 1.59. The first-order chi connectivity index (χ1) is 14.0. The third-order valence-electron chi connectivity index (χ3n) is 4.51. The van der Waals surface area contributed by atoms with Crippen molar-refractivity contribution in [2.75, 3.05) is 0 Å². The average molecular weight is 405 g/mol. The van der Waals surface area contributed by atoms with E-state index in [1.165, 1.54) is 12.1 Å². The molecule has 3 aromatic carbocycles. The van der Waals surface area contributed by atoms with Crippen molar-refractivity contribution in [2.45, 2.75) is 13.0 Å². The smallest absolute Gasteiger partial charge is 0.262 e. The summed E-state index contributed by atoms with van der Waals surface area (Å²) < 4.78 is 14.4. The quantitative estimate of drug-likeness (QED) is 0.444. The standard InChI is InChI=1S/C24H18ClFN2O/c1-16-12-13-21(25)20(22(16)26)14-19(15-27)24(29)28-23(17-8-4-2-5-9-17)18-10-6-3-7-11-18/h2-14,23H,1H3,(H,28,29)/b19-14+. The van der Waals surface area contributed by atoms with Gasteiger partial charge in [0.25, 0.3) is 5.91 Å². The number of rotatable bonds is 5. The van der Waals surface area contributed by atoms with Gasteiger partial charge < -0.3 is 5.32 Å². The molecule has 0 fully saturated rings. The van der Waals surface area contributed by atoms with E-state index < -0.39 is 17.8 Å². The van der Waals surface area contributed by atoms with Crippen LogP contribution in [0, 0.1) is 24.1 Å². The summed E-state index contributed by atoms with van der Waals surface area (Å²) in [6, 6.07) is 23.3. The molecule has 1 amide bonds. The van der Waals surface area contributed by atoms with Crippen LogP contribution in [-0.4, -0.2) is 5.91 Å². The average Bonchev–Trinajstić information content (AvgIpc) is 2.76. The fraction of sp³-hybridized carbons (Fsp3) is 0.0833. The van der Waals surface area contributed by atoms with Crippen molar-refractivity contribution in [2.24, 2.45) is 0 Å². The van der Waals surface area contributed by atoms with Gasteiger partial charge in [-0.1, -0.05) is 78.3 Å². The Bertz CT molecular complexity index is 1050. The maximum absolute atomic E-state index is 14.4. The van der Waals surface area contributed by atoms with Gasteiger partial charge in [-0.3, -0.25) is 4.79 Å². The van der Waals surface area contributed by atoms with Crippen LogP contribution in [0.15, 0.2) is 78.4 Å². The predicted molar refractivity (Wildman–Crippen MR) is 113 cm³/mol. The van der Waals surface area contributed by atoms with Crippen LogP contribution in [0.25, 0.3) is 6.08 Å². The van der Waals surface area contributed by atoms with E-state index in [1.807, 2.05) is 66.7 Å². The Balaban J connectivity index is 1.97. The van der Waals surface area contributed by atoms with E-state index in [2.05, 4.69) is 5.32 Å². The van der Waals surface area contributed by atoms with Gasteiger partial charge in [0, 0.05) is 5.56 Å². The number of aryl methyl sites for hydroxylation is 1. The van der Waals surface area contributed by atoms with E-state index in [0.717, 1.165) is 11.1 Å². The van der Waals surface area contributed by atoms with Crippen molar-refractivity contribution in [1.29, 1.82) is 5.26 Å². The molecule has 0 spiro atoms. The number of carbonyl (C=O) groups excluding carboxylic acids is 1. The summed E-state index contributed by atoms with van der Waals surface area (Å²) in [7, 11) is 0. The van der Waals surface area contributed by atoms with Gasteiger partial charge in [-0.25, -0.2) is 4.39 Å². The molecule has 1 N–H and O–H groups in total. The van der Waals surface area contributed by atoms with E-state index >= 15 is 0 Å². The molecular formula is C24H18ClFN2O. The lowest BCUT2D eigenvalue weighted by Crippen LogP contribution is -2.30. The number of carbonyl (C=O) groups is 1. The molecule has 5 heteroatoms. The van der Waals surface area contributed by atoms with Crippen LogP contribution in [0.3, 0.4) is 0 Å². The zero-order valence-electron chi connectivity index (χ0n) is 15.7. The molecule has 0 radical (unpaired) electrons. The Morgan fingerprint density at radius 1 is 1.03 bits per heavy atom. The van der Waals surface area contributed by atoms with Gasteiger partial charge in [-0.2, -0.15) is 5.26 Å². The van der Waals surface area contributed by atoms with Crippen molar-refractivity contribution >= 4 is 23.6 Å². The minimum Gasteiger partial charge on any atom is -0.340 e. The summed E-state index contributed by atoms with van der Waals surface area (Å²) in [6.07, 6.45) is 1.19. The van der Waals surface area contributed by atoms with Crippen LogP contribution in [0.1, 0.15) is 28.3 Å². The maximum Gasteiger partial charge on any atom is 0.262 e. The van der Waals surface area contributed by atoms with Gasteiger partial charge in [-0.15, -0.1) is 0 Å². The molecule has 0 heterocycles. The van der Waals surface area contributed by atoms with Crippen molar-refractivity contribution in [1.82, 2.24) is 5.32 Å². The third kappa shape index (κ3) is 4.71. The number of nitrogens with one attached hydrogen (secondary N) is 1. The highest BCUT2D eigenvalue weighted by Gasteiger charge is 2.20. The highest BCUT2D eigenvalue weighted by atomic mass is 35.5. The van der Waals surface area contributed by atoms with Crippen molar-refractivity contribution in [3.8, 4) is 6.07 Å². The van der Waals surface area contributed by atoms with Gasteiger partial charge in [0.05, 0.1) is 11.1 Å². The van der Waals surface area contributed by atoms with Crippen LogP contribution in [0.4, 0.5) is 4.39 Å². The molecule has 3 rings (SSSR count). The molecule has 0 aliphatic heterocycles. The number of hydrogen-bond acceptors (Lipinski definition) is 2. The van der Waals surface area contributed by atoms with Crippen LogP contribution in [0.5, 0.6) is 0 Å². The molecular weight excluding hydrogens is 387 g/mol. The maximum atomic E-state index is 14.4. The molecule has 0 aliphatic rings. The Morgan fingerprint density at radius 2 is 1.59 bits per heavy atom. The number of benzene rings is 3. The van der Waals surface area contributed by atoms with Gasteiger partial charge in [-0.05, 0) is 35.8 Å². The lowest BCUT2D eigenvalue weighted by Gasteiger charge is -2.19. The summed E-state index contributed by atoms with van der Waals surface area (Å²) in [5.74, 6) is -1.16. The van der Waals surface area contributed by atoms with Crippen LogP contribution in [0.2, 0.25) is 5.02 Å². The van der Waals surface area contributed by atoms with Gasteiger partial charge >= 0.3 is 0 Å². The van der Waals surface area contributed by atoms with Crippen molar-refractivity contribution in [3.05, 3.63) is 111 Å². The first-order valence-electron chi connectivity index (χ1n) is 8.98. The van der Waals surface area contributed by atoms with Crippen LogP contribution in [-0.2, 0) is 4.79 Å². The minimum absolute atomic E-state index is 0.0225. The second-order valence-corrected chi connectivity index (χ2v) is 6.90. The number of nitrogens with zero attached hydrogens (tertiary/aromatic N) is 1. The van der Waals surface area contributed by atoms with E-state index in [1.54, 1.807) is 13.0 Å². The van der Waals surface area contributed by atoms with Crippen LogP contribution < -0.4 is 5.32 Å². The third-order valence-corrected chi connectivity index (χ3v) is 4.84. The Kier molecular flexibility index (Phi) is 6.43. The Hall–Kier alpha value is -3.42. The Labute approximate surface area is 174 Å². The summed E-state index contributed by atoms with van der Waals surface area (Å²) in [5, 5.41) is 12.5. The molecule has 29 heavy (non-hydrogen) atoms. The molecule has 0 aliphatic carbocycles. The number of nitriles is 1. The van der Waals surface area contributed by atoms with Crippen molar-refractivity contribution < 1.29 is 9.18 Å². The second-order valence-electron chi connectivity index (χ2n) is 6.49. The fourth-order valence-electron chi connectivity index (χ4n) is 2.96. The number of hydrogen-bond donors (Lipinski definition) is 1. The second kappa shape index (κ2) is 9.18. The van der Waals surface area contributed by atoms with Gasteiger partial charge in [0.1, 0.15) is 17.5 Å². The zero-order valence-corrected chi connectivity index (χ0v) is 16.5. The fourth-order valence-corrected chi connectivity index (χ4v) is 3.16. The van der Waals surface area contributed by atoms with E-state index in [0.29, 0.717) is 5.56 Å². The van der Waals surface area contributed by atoms with E-state index in [4.69, 9.17) is 11.6 Å². The summed E-state index contributed by atoms with van der Waals surface area (Å²) >= 11 is 6.08. The minimum atomic E-state index is -0.609. The SMILES string of the molecule is Cc1ccc(Cl)c(/C=C(\C#N)C(=O)NC(c2ccccc2)c2ccccc2)c1F. The van der Waals surface area contributed by atoms with E-state index in [-0.39, 0.29) is 16.2 Å². The van der Waals surface area contributed by atoms with Gasteiger partial charge in [0.15, 0.2) is 0 Å². The summed E-state index contributed by atoms with van der Waals surface area (Å²) in [5.41, 5.74) is 1.90. The first kappa shape index (κ1) is 20.3. The topological polar surface area (TPSA) is 52.9 Å². The molecule has 0 aromatic heterocycles. The molecule has 0 saturated heterocycles. The molecule has 0 unspecified atom stereocenters. The normalized spacial score (nSPS) is 11.2. The van der Waals surface area contributed by atoms with E-state index in [9.17, 15) is 14.4 Å². The lowest BCUT2D eigenvalue weighted by molar-refractivity contribution is -0.117. The Morgan fingerprint density at radius 3 is 2.10 bits per heavy atom. The number of amides is 1.